The number of fused-ring (bicyclic) bond motifs is 4. The van der Waals surface area contributed by atoms with Crippen LogP contribution in [0.5, 0.6) is 28.7 Å². The number of nitrogen functional groups attached to an aromatic ring is 1. The molecular weight excluding hydrogens is 743 g/mol. The van der Waals surface area contributed by atoms with Crippen LogP contribution in [0.2, 0.25) is 0 Å². The maximum absolute atomic E-state index is 14.0. The lowest BCUT2D eigenvalue weighted by molar-refractivity contribution is -0.122. The molecule has 0 aromatic heterocycles. The molecule has 0 saturated carbocycles. The number of nitrogens with zero attached hydrogens (tertiary/aromatic N) is 4. The van der Waals surface area contributed by atoms with Gasteiger partial charge in [0.15, 0.2) is 23.0 Å². The third-order valence-electron chi connectivity index (χ3n) is 11.1. The van der Waals surface area contributed by atoms with Crippen LogP contribution >= 0.6 is 0 Å². The Balaban J connectivity index is 0.955. The Bertz CT molecular complexity index is 2410. The predicted octanol–water partition coefficient (Wildman–Crippen LogP) is 5.61. The molecule has 0 radical (unpaired) electrons. The van der Waals surface area contributed by atoms with Gasteiger partial charge in [0, 0.05) is 63.6 Å². The molecule has 4 aromatic carbocycles. The zero-order chi connectivity index (χ0) is 40.8. The Morgan fingerprint density at radius 1 is 0.603 bits per heavy atom. The number of likely N-dealkylation sites (N-methyl/N-ethyl adjacent to an activating group) is 2. The monoisotopic (exact) mass is 785 g/mol. The van der Waals surface area contributed by atoms with Gasteiger partial charge < -0.3 is 49.0 Å². The molecule has 2 unspecified atom stereocenters. The van der Waals surface area contributed by atoms with Crippen LogP contribution in [0.4, 0.5) is 17.1 Å². The Morgan fingerprint density at radius 3 is 1.57 bits per heavy atom. The van der Waals surface area contributed by atoms with Crippen LogP contribution in [0, 0.1) is 0 Å². The number of rotatable bonds is 11. The Morgan fingerprint density at radius 2 is 1.10 bits per heavy atom. The number of nitrogens with two attached hydrogens (primary N) is 1. The van der Waals surface area contributed by atoms with E-state index in [1.165, 1.54) is 33.8 Å². The molecule has 0 spiro atoms. The number of hydrogen-bond acceptors (Lipinski definition) is 10. The summed E-state index contributed by atoms with van der Waals surface area (Å²) in [5.41, 5.74) is 11.5. The molecule has 0 aliphatic carbocycles. The van der Waals surface area contributed by atoms with Crippen LogP contribution in [0.15, 0.2) is 85.2 Å². The molecule has 4 amide bonds. The lowest BCUT2D eigenvalue weighted by Gasteiger charge is -2.22. The average Bonchev–Trinajstić information content (AvgIpc) is 3.88. The van der Waals surface area contributed by atoms with Gasteiger partial charge in [0.05, 0.1) is 57.0 Å². The van der Waals surface area contributed by atoms with Crippen LogP contribution in [0.1, 0.15) is 51.1 Å². The summed E-state index contributed by atoms with van der Waals surface area (Å²) in [6.45, 7) is 0.400. The van der Waals surface area contributed by atoms with E-state index in [1.807, 2.05) is 42.5 Å². The summed E-state index contributed by atoms with van der Waals surface area (Å²) in [5.74, 6) is 1.02. The second kappa shape index (κ2) is 15.2. The molecule has 2 N–H and O–H groups in total. The highest BCUT2D eigenvalue weighted by Crippen LogP contribution is 2.43. The molecule has 14 nitrogen and oxygen atoms in total. The van der Waals surface area contributed by atoms with Crippen molar-refractivity contribution in [3.05, 3.63) is 107 Å². The normalized spacial score (nSPS) is 18.4. The smallest absolute Gasteiger partial charge is 0.260 e. The third kappa shape index (κ3) is 6.59. The van der Waals surface area contributed by atoms with Crippen molar-refractivity contribution in [2.24, 2.45) is 0 Å². The maximum atomic E-state index is 14.0. The van der Waals surface area contributed by atoms with Crippen LogP contribution in [0.25, 0.3) is 11.1 Å². The highest BCUT2D eigenvalue weighted by atomic mass is 16.5. The van der Waals surface area contributed by atoms with E-state index in [1.54, 1.807) is 63.9 Å². The number of carbonyl (C=O) groups excluding carboxylic acids is 4. The van der Waals surface area contributed by atoms with Gasteiger partial charge in [0.25, 0.3) is 11.8 Å². The van der Waals surface area contributed by atoms with Crippen molar-refractivity contribution in [2.75, 3.05) is 64.2 Å². The molecule has 4 aliphatic heterocycles. The lowest BCUT2D eigenvalue weighted by atomic mass is 10.0. The minimum absolute atomic E-state index is 0.200. The minimum atomic E-state index is -0.707. The second-order valence-electron chi connectivity index (χ2n) is 14.4. The molecule has 4 aliphatic rings. The van der Waals surface area contributed by atoms with Crippen LogP contribution < -0.4 is 39.2 Å². The number of methoxy groups -OCH3 is 3. The number of anilines is 3. The first-order valence-corrected chi connectivity index (χ1v) is 18.8. The SMILES string of the molecule is COc1ccc(C2=CN3C(=O)c4cc(OC)c(OCCCOc5cc6c(cc5OC)C(=O)N5C=C(c7cccc(N)c7)CC5C(=O)N6C)cc4N(C)C(=O)C3C2)cc1. The van der Waals surface area contributed by atoms with Crippen molar-refractivity contribution in [2.45, 2.75) is 31.3 Å². The van der Waals surface area contributed by atoms with Gasteiger partial charge >= 0.3 is 0 Å². The average molecular weight is 786 g/mol. The van der Waals surface area contributed by atoms with E-state index in [0.717, 1.165) is 28.0 Å². The Kier molecular flexibility index (Phi) is 9.93. The summed E-state index contributed by atoms with van der Waals surface area (Å²) in [6, 6.07) is 20.0. The van der Waals surface area contributed by atoms with Crippen molar-refractivity contribution >= 4 is 51.8 Å². The third-order valence-corrected chi connectivity index (χ3v) is 11.1. The zero-order valence-corrected chi connectivity index (χ0v) is 32.8. The molecule has 0 fully saturated rings. The van der Waals surface area contributed by atoms with Gasteiger partial charge in [-0.2, -0.15) is 0 Å². The molecule has 4 heterocycles. The topological polar surface area (TPSA) is 153 Å². The zero-order valence-electron chi connectivity index (χ0n) is 32.8. The van der Waals surface area contributed by atoms with E-state index in [2.05, 4.69) is 0 Å². The van der Waals surface area contributed by atoms with E-state index < -0.39 is 12.1 Å². The van der Waals surface area contributed by atoms with Gasteiger partial charge in [-0.05, 0) is 58.7 Å². The van der Waals surface area contributed by atoms with Crippen molar-refractivity contribution in [3.63, 3.8) is 0 Å². The van der Waals surface area contributed by atoms with Crippen LogP contribution in [-0.4, -0.2) is 94.2 Å². The van der Waals surface area contributed by atoms with Gasteiger partial charge in [-0.1, -0.05) is 24.3 Å². The van der Waals surface area contributed by atoms with E-state index in [0.29, 0.717) is 70.4 Å². The van der Waals surface area contributed by atoms with Crippen molar-refractivity contribution < 1.29 is 42.9 Å². The highest BCUT2D eigenvalue weighted by Gasteiger charge is 2.43. The van der Waals surface area contributed by atoms with Crippen molar-refractivity contribution in [1.82, 2.24) is 9.80 Å². The number of hydrogen-bond donors (Lipinski definition) is 1. The van der Waals surface area contributed by atoms with Crippen molar-refractivity contribution in [3.8, 4) is 28.7 Å². The summed E-state index contributed by atoms with van der Waals surface area (Å²) >= 11 is 0. The summed E-state index contributed by atoms with van der Waals surface area (Å²) in [5, 5.41) is 0. The molecule has 8 rings (SSSR count). The molecule has 0 saturated heterocycles. The van der Waals surface area contributed by atoms with Gasteiger partial charge in [-0.25, -0.2) is 0 Å². The molecule has 0 bridgehead atoms. The standard InChI is InChI=1S/C44H43N5O9/c1-46-33-21-39(37(55-4)19-31(33)41(50)48-23-27(17-35(48)43(46)52)25-10-12-30(54-3)13-11-25)57-14-7-15-58-40-22-34-32(20-38(40)56-5)42(51)49-24-28(18-36(49)44(53)47(34)2)26-8-6-9-29(45)16-26/h6,8-13,16,19-24,35-36H,7,14-15,17-18,45H2,1-5H3. The van der Waals surface area contributed by atoms with E-state index >= 15 is 0 Å². The fourth-order valence-electron chi connectivity index (χ4n) is 7.90. The lowest BCUT2D eigenvalue weighted by Crippen LogP contribution is -2.42. The van der Waals surface area contributed by atoms with Gasteiger partial charge in [0.2, 0.25) is 11.8 Å². The first kappa shape index (κ1) is 37.9. The van der Waals surface area contributed by atoms with E-state index in [-0.39, 0.29) is 36.8 Å². The fourth-order valence-corrected chi connectivity index (χ4v) is 7.90. The molecule has 2 atom stereocenters. The fraction of sp³-hybridized carbons (Fsp3) is 0.273. The Hall–Kier alpha value is -6.96. The number of ether oxygens (including phenoxy) is 5. The van der Waals surface area contributed by atoms with Gasteiger partial charge in [-0.15, -0.1) is 0 Å². The van der Waals surface area contributed by atoms with Crippen LogP contribution in [0.3, 0.4) is 0 Å². The minimum Gasteiger partial charge on any atom is -0.497 e. The molecule has 14 heteroatoms. The molecule has 58 heavy (non-hydrogen) atoms. The summed E-state index contributed by atoms with van der Waals surface area (Å²) in [4.78, 5) is 61.4. The van der Waals surface area contributed by atoms with Crippen LogP contribution in [-0.2, 0) is 9.59 Å². The largest absolute Gasteiger partial charge is 0.497 e. The van der Waals surface area contributed by atoms with Crippen molar-refractivity contribution in [1.29, 1.82) is 0 Å². The number of carbonyl (C=O) groups is 4. The van der Waals surface area contributed by atoms with E-state index in [9.17, 15) is 19.2 Å². The maximum Gasteiger partial charge on any atom is 0.260 e. The first-order valence-electron chi connectivity index (χ1n) is 18.8. The predicted molar refractivity (Wildman–Crippen MR) is 217 cm³/mol. The number of amides is 4. The molecule has 298 valence electrons. The molecular formula is C44H43N5O9. The summed E-state index contributed by atoms with van der Waals surface area (Å²) in [7, 11) is 7.88. The first-order chi connectivity index (χ1) is 28.0. The quantitative estimate of drug-likeness (QED) is 0.150. The summed E-state index contributed by atoms with van der Waals surface area (Å²) in [6.07, 6.45) is 4.62. The summed E-state index contributed by atoms with van der Waals surface area (Å²) < 4.78 is 28.8. The second-order valence-corrected chi connectivity index (χ2v) is 14.4. The highest BCUT2D eigenvalue weighted by molar-refractivity contribution is 6.14. The Labute approximate surface area is 335 Å². The number of benzene rings is 4. The molecule has 4 aromatic rings. The van der Waals surface area contributed by atoms with Gasteiger partial charge in [-0.3, -0.25) is 19.2 Å². The van der Waals surface area contributed by atoms with Gasteiger partial charge in [0.1, 0.15) is 17.8 Å². The van der Waals surface area contributed by atoms with E-state index in [4.69, 9.17) is 29.4 Å².